The van der Waals surface area contributed by atoms with E-state index in [1.807, 2.05) is 17.9 Å². The van der Waals surface area contributed by atoms with Gasteiger partial charge in [0, 0.05) is 17.7 Å². The molecule has 1 aliphatic heterocycles. The van der Waals surface area contributed by atoms with E-state index >= 15 is 0 Å². The zero-order valence-corrected chi connectivity index (χ0v) is 18.0. The van der Waals surface area contributed by atoms with Crippen LogP contribution < -0.4 is 0 Å². The molecule has 5 rings (SSSR count). The van der Waals surface area contributed by atoms with Gasteiger partial charge in [0.25, 0.3) is 5.91 Å². The molecule has 5 nitrogen and oxygen atoms in total. The zero-order valence-electron chi connectivity index (χ0n) is 18.0. The second kappa shape index (κ2) is 7.89. The number of fused-ring (bicyclic) bond motifs is 1. The van der Waals surface area contributed by atoms with Crippen LogP contribution in [0.5, 0.6) is 0 Å². The normalized spacial score (nSPS) is 20.4. The first-order chi connectivity index (χ1) is 15.0. The number of carbonyl (C=O) groups excluding carboxylic acids is 1. The Morgan fingerprint density at radius 1 is 1.06 bits per heavy atom. The molecule has 0 bridgehead atoms. The van der Waals surface area contributed by atoms with Gasteiger partial charge in [-0.25, -0.2) is 0 Å². The lowest BCUT2D eigenvalue weighted by molar-refractivity contribution is 0.0479. The van der Waals surface area contributed by atoms with Crippen molar-refractivity contribution in [3.8, 4) is 11.1 Å². The molecular formula is C26H27N3O2. The van der Waals surface area contributed by atoms with Crippen molar-refractivity contribution in [3.05, 3.63) is 82.2 Å². The predicted octanol–water partition coefficient (Wildman–Crippen LogP) is 4.22. The van der Waals surface area contributed by atoms with Crippen molar-refractivity contribution in [2.45, 2.75) is 58.2 Å². The summed E-state index contributed by atoms with van der Waals surface area (Å²) < 4.78 is 0. The molecule has 0 radical (unpaired) electrons. The minimum absolute atomic E-state index is 0.0393. The summed E-state index contributed by atoms with van der Waals surface area (Å²) in [6.45, 7) is 4.68. The molecule has 0 spiro atoms. The number of aromatic nitrogens is 2. The molecule has 1 amide bonds. The Balaban J connectivity index is 1.37. The summed E-state index contributed by atoms with van der Waals surface area (Å²) in [6.07, 6.45) is 4.85. The lowest BCUT2D eigenvalue weighted by Crippen LogP contribution is -2.40. The van der Waals surface area contributed by atoms with Gasteiger partial charge in [-0.3, -0.25) is 4.79 Å². The van der Waals surface area contributed by atoms with Gasteiger partial charge < -0.3 is 10.0 Å². The van der Waals surface area contributed by atoms with Crippen LogP contribution in [0.4, 0.5) is 0 Å². The fraction of sp³-hybridized carbons (Fsp3) is 0.346. The molecule has 2 heterocycles. The quantitative estimate of drug-likeness (QED) is 0.695. The molecule has 1 aromatic heterocycles. The molecular weight excluding hydrogens is 386 g/mol. The number of amides is 1. The highest BCUT2D eigenvalue weighted by molar-refractivity contribution is 5.99. The van der Waals surface area contributed by atoms with Crippen LogP contribution in [0, 0.1) is 13.8 Å². The maximum atomic E-state index is 13.1. The Morgan fingerprint density at radius 2 is 1.87 bits per heavy atom. The Bertz CT molecular complexity index is 1140. The number of hydrogen-bond acceptors (Lipinski definition) is 4. The highest BCUT2D eigenvalue weighted by Crippen LogP contribution is 2.34. The average Bonchev–Trinajstić information content (AvgIpc) is 3.32. The smallest absolute Gasteiger partial charge is 0.254 e. The van der Waals surface area contributed by atoms with Gasteiger partial charge in [-0.15, -0.1) is 0 Å². The number of nitrogens with zero attached hydrogens (tertiary/aromatic N) is 3. The summed E-state index contributed by atoms with van der Waals surface area (Å²) >= 11 is 0. The van der Waals surface area contributed by atoms with Gasteiger partial charge in [0.1, 0.15) is 0 Å². The Kier molecular flexibility index (Phi) is 5.06. The third-order valence-electron chi connectivity index (χ3n) is 6.70. The zero-order chi connectivity index (χ0) is 21.5. The van der Waals surface area contributed by atoms with Gasteiger partial charge >= 0.3 is 0 Å². The van der Waals surface area contributed by atoms with Crippen molar-refractivity contribution in [1.29, 1.82) is 0 Å². The predicted molar refractivity (Wildman–Crippen MR) is 120 cm³/mol. The summed E-state index contributed by atoms with van der Waals surface area (Å²) in [5.74, 6) is 0.0677. The molecule has 1 aliphatic carbocycles. The molecule has 0 unspecified atom stereocenters. The second-order valence-electron chi connectivity index (χ2n) is 8.89. The van der Waals surface area contributed by atoms with Crippen molar-refractivity contribution in [3.63, 3.8) is 0 Å². The van der Waals surface area contributed by atoms with Crippen molar-refractivity contribution >= 4 is 5.91 Å². The van der Waals surface area contributed by atoms with E-state index in [-0.39, 0.29) is 11.9 Å². The molecule has 1 fully saturated rings. The molecule has 158 valence electrons. The highest BCUT2D eigenvalue weighted by Gasteiger charge is 2.38. The fourth-order valence-corrected chi connectivity index (χ4v) is 4.96. The van der Waals surface area contributed by atoms with Crippen LogP contribution >= 0.6 is 0 Å². The third-order valence-corrected chi connectivity index (χ3v) is 6.70. The summed E-state index contributed by atoms with van der Waals surface area (Å²) in [6, 6.07) is 14.7. The maximum absolute atomic E-state index is 13.1. The van der Waals surface area contributed by atoms with E-state index in [0.717, 1.165) is 53.6 Å². The SMILES string of the molecule is Cc1cc(-c2ccc(Cc3cc4c(cc3C)CN([C@@H]3CCC[C@H]3O)C4=O)cc2)cnn1. The van der Waals surface area contributed by atoms with E-state index in [9.17, 15) is 9.90 Å². The van der Waals surface area contributed by atoms with E-state index in [0.29, 0.717) is 6.54 Å². The first-order valence-electron chi connectivity index (χ1n) is 11.0. The summed E-state index contributed by atoms with van der Waals surface area (Å²) in [4.78, 5) is 15.0. The number of aryl methyl sites for hydroxylation is 2. The van der Waals surface area contributed by atoms with E-state index in [1.54, 1.807) is 6.20 Å². The minimum Gasteiger partial charge on any atom is -0.391 e. The van der Waals surface area contributed by atoms with E-state index in [4.69, 9.17) is 0 Å². The number of hydrogen-bond donors (Lipinski definition) is 1. The first-order valence-corrected chi connectivity index (χ1v) is 11.0. The average molecular weight is 414 g/mol. The van der Waals surface area contributed by atoms with Crippen molar-refractivity contribution in [2.75, 3.05) is 0 Å². The highest BCUT2D eigenvalue weighted by atomic mass is 16.3. The van der Waals surface area contributed by atoms with Gasteiger partial charge in [0.2, 0.25) is 0 Å². The largest absolute Gasteiger partial charge is 0.391 e. The Labute approximate surface area is 182 Å². The van der Waals surface area contributed by atoms with Gasteiger partial charge in [-0.2, -0.15) is 10.2 Å². The van der Waals surface area contributed by atoms with Gasteiger partial charge in [0.15, 0.2) is 0 Å². The number of aliphatic hydroxyl groups is 1. The number of carbonyl (C=O) groups is 1. The maximum Gasteiger partial charge on any atom is 0.254 e. The van der Waals surface area contributed by atoms with Crippen molar-refractivity contribution in [1.82, 2.24) is 15.1 Å². The molecule has 2 aromatic carbocycles. The topological polar surface area (TPSA) is 66.3 Å². The second-order valence-corrected chi connectivity index (χ2v) is 8.89. The molecule has 2 atom stereocenters. The van der Waals surface area contributed by atoms with Crippen LogP contribution in [-0.2, 0) is 13.0 Å². The lowest BCUT2D eigenvalue weighted by Gasteiger charge is -2.26. The van der Waals surface area contributed by atoms with Crippen LogP contribution in [-0.4, -0.2) is 38.3 Å². The molecule has 31 heavy (non-hydrogen) atoms. The fourth-order valence-electron chi connectivity index (χ4n) is 4.96. The number of benzene rings is 2. The summed E-state index contributed by atoms with van der Waals surface area (Å²) in [7, 11) is 0. The molecule has 1 N–H and O–H groups in total. The van der Waals surface area contributed by atoms with E-state index < -0.39 is 6.10 Å². The van der Waals surface area contributed by atoms with Crippen LogP contribution in [0.1, 0.15) is 57.6 Å². The van der Waals surface area contributed by atoms with Crippen molar-refractivity contribution in [2.24, 2.45) is 0 Å². The lowest BCUT2D eigenvalue weighted by atomic mass is 9.95. The van der Waals surface area contributed by atoms with Crippen LogP contribution in [0.3, 0.4) is 0 Å². The van der Waals surface area contributed by atoms with Gasteiger partial charge in [0.05, 0.1) is 24.0 Å². The Morgan fingerprint density at radius 3 is 2.58 bits per heavy atom. The molecule has 0 saturated heterocycles. The Hall–Kier alpha value is -3.05. The number of rotatable bonds is 4. The summed E-state index contributed by atoms with van der Waals surface area (Å²) in [5, 5.41) is 18.3. The molecule has 3 aromatic rings. The third kappa shape index (κ3) is 3.74. The molecule has 2 aliphatic rings. The van der Waals surface area contributed by atoms with Crippen LogP contribution in [0.15, 0.2) is 48.7 Å². The first kappa shape index (κ1) is 19.9. The minimum atomic E-state index is -0.392. The van der Waals surface area contributed by atoms with Crippen molar-refractivity contribution < 1.29 is 9.90 Å². The van der Waals surface area contributed by atoms with Gasteiger partial charge in [-0.1, -0.05) is 30.3 Å². The molecule has 5 heteroatoms. The number of aliphatic hydroxyl groups excluding tert-OH is 1. The standard InChI is InChI=1S/C26H27N3O2/c1-16-10-22-15-29(24-4-3-5-25(24)30)26(31)23(22)13-20(16)12-18-6-8-19(9-7-18)21-11-17(2)28-27-14-21/h6-11,13-14,24-25,30H,3-5,12,15H2,1-2H3/t24-,25-/m1/s1. The molecule has 1 saturated carbocycles. The van der Waals surface area contributed by atoms with Gasteiger partial charge in [-0.05, 0) is 79.5 Å². The monoisotopic (exact) mass is 413 g/mol. The van der Waals surface area contributed by atoms with E-state index in [1.165, 1.54) is 16.7 Å². The van der Waals surface area contributed by atoms with E-state index in [2.05, 4.69) is 53.5 Å². The summed E-state index contributed by atoms with van der Waals surface area (Å²) in [5.41, 5.74) is 8.56. The van der Waals surface area contributed by atoms with Crippen LogP contribution in [0.25, 0.3) is 11.1 Å². The van der Waals surface area contributed by atoms with Crippen LogP contribution in [0.2, 0.25) is 0 Å².